The summed E-state index contributed by atoms with van der Waals surface area (Å²) in [6.07, 6.45) is -1.99. The number of pyridine rings is 1. The van der Waals surface area contributed by atoms with E-state index >= 15 is 0 Å². The smallest absolute Gasteiger partial charge is 0.269 e. The number of H-pyrrole nitrogens is 1. The van der Waals surface area contributed by atoms with Gasteiger partial charge in [-0.05, 0) is 0 Å². The molecular formula is C6H5ClF2N2O. The highest BCUT2D eigenvalue weighted by Crippen LogP contribution is 2.18. The summed E-state index contributed by atoms with van der Waals surface area (Å²) in [6, 6.07) is 0. The van der Waals surface area contributed by atoms with Crippen LogP contribution in [0.3, 0.4) is 0 Å². The SMILES string of the molecule is Nc1c(Cl)[nH]cc(C(F)F)c1=O. The van der Waals surface area contributed by atoms with Crippen LogP contribution < -0.4 is 11.2 Å². The number of hydrogen-bond donors (Lipinski definition) is 2. The molecule has 0 aliphatic carbocycles. The molecule has 0 fully saturated rings. The number of anilines is 1. The summed E-state index contributed by atoms with van der Waals surface area (Å²) in [6.45, 7) is 0. The summed E-state index contributed by atoms with van der Waals surface area (Å²) < 4.78 is 24.0. The molecule has 12 heavy (non-hydrogen) atoms. The van der Waals surface area contributed by atoms with Gasteiger partial charge in [-0.15, -0.1) is 0 Å². The zero-order valence-electron chi connectivity index (χ0n) is 5.77. The molecule has 0 bridgehead atoms. The fourth-order valence-electron chi connectivity index (χ4n) is 0.702. The molecule has 3 N–H and O–H groups in total. The summed E-state index contributed by atoms with van der Waals surface area (Å²) in [5.74, 6) is 0. The van der Waals surface area contributed by atoms with Crippen LogP contribution in [0.4, 0.5) is 14.5 Å². The molecule has 1 aromatic rings. The molecule has 1 rings (SSSR count). The lowest BCUT2D eigenvalue weighted by Crippen LogP contribution is -2.15. The predicted molar refractivity (Wildman–Crippen MR) is 41.4 cm³/mol. The van der Waals surface area contributed by atoms with Crippen molar-refractivity contribution >= 4 is 17.3 Å². The van der Waals surface area contributed by atoms with Crippen LogP contribution in [0.15, 0.2) is 11.0 Å². The molecule has 0 aromatic carbocycles. The third-order valence-corrected chi connectivity index (χ3v) is 1.65. The number of aromatic amines is 1. The summed E-state index contributed by atoms with van der Waals surface area (Å²) >= 11 is 5.37. The van der Waals surface area contributed by atoms with Crippen molar-refractivity contribution in [1.29, 1.82) is 0 Å². The largest absolute Gasteiger partial charge is 0.393 e. The Morgan fingerprint density at radius 1 is 1.58 bits per heavy atom. The van der Waals surface area contributed by atoms with Crippen LogP contribution in [-0.2, 0) is 0 Å². The first-order valence-corrected chi connectivity index (χ1v) is 3.36. The van der Waals surface area contributed by atoms with Gasteiger partial charge in [0, 0.05) is 6.20 Å². The molecule has 0 aliphatic rings. The van der Waals surface area contributed by atoms with Crippen molar-refractivity contribution in [2.75, 3.05) is 5.73 Å². The Morgan fingerprint density at radius 2 is 2.17 bits per heavy atom. The van der Waals surface area contributed by atoms with E-state index in [9.17, 15) is 13.6 Å². The van der Waals surface area contributed by atoms with Crippen LogP contribution in [0.25, 0.3) is 0 Å². The fraction of sp³-hybridized carbons (Fsp3) is 0.167. The van der Waals surface area contributed by atoms with E-state index in [1.165, 1.54) is 0 Å². The lowest BCUT2D eigenvalue weighted by molar-refractivity contribution is 0.150. The Kier molecular flexibility index (Phi) is 2.32. The maximum atomic E-state index is 12.0. The molecule has 0 saturated heterocycles. The van der Waals surface area contributed by atoms with Crippen molar-refractivity contribution in [2.24, 2.45) is 0 Å². The molecule has 0 atom stereocenters. The molecule has 6 heteroatoms. The molecule has 1 heterocycles. The number of nitrogens with one attached hydrogen (secondary N) is 1. The van der Waals surface area contributed by atoms with Crippen molar-refractivity contribution in [3.05, 3.63) is 27.1 Å². The highest BCUT2D eigenvalue weighted by atomic mass is 35.5. The minimum Gasteiger partial charge on any atom is -0.393 e. The first kappa shape index (κ1) is 8.99. The van der Waals surface area contributed by atoms with Crippen LogP contribution >= 0.6 is 11.6 Å². The maximum absolute atomic E-state index is 12.0. The first-order valence-electron chi connectivity index (χ1n) is 2.98. The molecule has 0 aliphatic heterocycles. The Hall–Kier alpha value is -1.10. The third-order valence-electron chi connectivity index (χ3n) is 1.33. The molecule has 0 saturated carbocycles. The molecule has 3 nitrogen and oxygen atoms in total. The van der Waals surface area contributed by atoms with Gasteiger partial charge in [0.05, 0.1) is 5.56 Å². The van der Waals surface area contributed by atoms with E-state index in [-0.39, 0.29) is 10.8 Å². The van der Waals surface area contributed by atoms with Gasteiger partial charge in [-0.3, -0.25) is 4.79 Å². The van der Waals surface area contributed by atoms with Crippen molar-refractivity contribution in [3.8, 4) is 0 Å². The van der Waals surface area contributed by atoms with Gasteiger partial charge in [-0.25, -0.2) is 8.78 Å². The van der Waals surface area contributed by atoms with Crippen molar-refractivity contribution in [2.45, 2.75) is 6.43 Å². The lowest BCUT2D eigenvalue weighted by atomic mass is 10.2. The number of aromatic nitrogens is 1. The van der Waals surface area contributed by atoms with Gasteiger partial charge in [-0.1, -0.05) is 11.6 Å². The lowest BCUT2D eigenvalue weighted by Gasteiger charge is -2.00. The van der Waals surface area contributed by atoms with Crippen molar-refractivity contribution in [3.63, 3.8) is 0 Å². The highest BCUT2D eigenvalue weighted by Gasteiger charge is 2.14. The molecule has 66 valence electrons. The van der Waals surface area contributed by atoms with E-state index < -0.39 is 17.4 Å². The second-order valence-corrected chi connectivity index (χ2v) is 2.48. The maximum Gasteiger partial charge on any atom is 0.269 e. The van der Waals surface area contributed by atoms with Crippen LogP contribution in [0, 0.1) is 0 Å². The second kappa shape index (κ2) is 3.10. The van der Waals surface area contributed by atoms with E-state index in [2.05, 4.69) is 4.98 Å². The number of halogens is 3. The van der Waals surface area contributed by atoms with Gasteiger partial charge < -0.3 is 10.7 Å². The Balaban J connectivity index is 3.37. The minimum atomic E-state index is -2.84. The number of hydrogen-bond acceptors (Lipinski definition) is 2. The Morgan fingerprint density at radius 3 is 2.67 bits per heavy atom. The summed E-state index contributed by atoms with van der Waals surface area (Å²) in [5.41, 5.74) is 3.14. The van der Waals surface area contributed by atoms with Gasteiger partial charge in [0.2, 0.25) is 5.43 Å². The van der Waals surface area contributed by atoms with E-state index in [0.29, 0.717) is 0 Å². The van der Waals surface area contributed by atoms with E-state index in [0.717, 1.165) is 6.20 Å². The van der Waals surface area contributed by atoms with Crippen LogP contribution in [0.5, 0.6) is 0 Å². The van der Waals surface area contributed by atoms with E-state index in [4.69, 9.17) is 17.3 Å². The number of alkyl halides is 2. The first-order chi connectivity index (χ1) is 5.54. The van der Waals surface area contributed by atoms with Crippen LogP contribution in [0.2, 0.25) is 5.15 Å². The molecule has 0 radical (unpaired) electrons. The van der Waals surface area contributed by atoms with Gasteiger partial charge in [-0.2, -0.15) is 0 Å². The highest BCUT2D eigenvalue weighted by molar-refractivity contribution is 6.31. The van der Waals surface area contributed by atoms with Crippen molar-refractivity contribution < 1.29 is 8.78 Å². The van der Waals surface area contributed by atoms with E-state index in [1.54, 1.807) is 0 Å². The van der Waals surface area contributed by atoms with Gasteiger partial charge in [0.15, 0.2) is 0 Å². The standard InChI is InChI=1S/C6H5ClF2N2O/c7-5-3(10)4(12)2(1-11-5)6(8)9/h1,6H,10H2,(H,11,12). The molecule has 0 unspecified atom stereocenters. The van der Waals surface area contributed by atoms with E-state index in [1.807, 2.05) is 0 Å². The predicted octanol–water partition coefficient (Wildman–Crippen LogP) is 1.55. The average Bonchev–Trinajstić information content (AvgIpc) is 2.00. The van der Waals surface area contributed by atoms with Gasteiger partial charge >= 0.3 is 0 Å². The molecule has 0 amide bonds. The van der Waals surface area contributed by atoms with Gasteiger partial charge in [0.25, 0.3) is 6.43 Å². The Labute approximate surface area is 71.2 Å². The number of nitrogens with two attached hydrogens (primary N) is 1. The molecule has 0 spiro atoms. The minimum absolute atomic E-state index is 0.121. The Bertz CT molecular complexity index is 350. The van der Waals surface area contributed by atoms with Gasteiger partial charge in [0.1, 0.15) is 10.8 Å². The molecule has 1 aromatic heterocycles. The monoisotopic (exact) mass is 194 g/mol. The number of rotatable bonds is 1. The average molecular weight is 195 g/mol. The summed E-state index contributed by atoms with van der Waals surface area (Å²) in [7, 11) is 0. The molecular weight excluding hydrogens is 190 g/mol. The van der Waals surface area contributed by atoms with Crippen LogP contribution in [0.1, 0.15) is 12.0 Å². The van der Waals surface area contributed by atoms with Crippen LogP contribution in [-0.4, -0.2) is 4.98 Å². The zero-order chi connectivity index (χ0) is 9.30. The summed E-state index contributed by atoms with van der Waals surface area (Å²) in [4.78, 5) is 13.2. The topological polar surface area (TPSA) is 58.9 Å². The third kappa shape index (κ3) is 1.40. The summed E-state index contributed by atoms with van der Waals surface area (Å²) in [5, 5.41) is -0.121. The van der Waals surface area contributed by atoms with Crippen molar-refractivity contribution in [1.82, 2.24) is 4.98 Å². The fourth-order valence-corrected chi connectivity index (χ4v) is 0.842. The quantitative estimate of drug-likeness (QED) is 0.667. The second-order valence-electron chi connectivity index (χ2n) is 2.10. The zero-order valence-corrected chi connectivity index (χ0v) is 6.53. The number of nitrogen functional groups attached to an aromatic ring is 1. The normalized spacial score (nSPS) is 10.7.